The van der Waals surface area contributed by atoms with E-state index in [1.165, 1.54) is 24.3 Å². The van der Waals surface area contributed by atoms with E-state index in [0.717, 1.165) is 19.4 Å². The zero-order chi connectivity index (χ0) is 21.0. The summed E-state index contributed by atoms with van der Waals surface area (Å²) in [4.78, 5) is 14.8. The molecule has 0 aliphatic carbocycles. The number of hydrogen-bond acceptors (Lipinski definition) is 5. The molecule has 5 nitrogen and oxygen atoms in total. The summed E-state index contributed by atoms with van der Waals surface area (Å²) < 4.78 is 35.6. The molecule has 0 atom stereocenters. The third-order valence-electron chi connectivity index (χ3n) is 4.66. The Labute approximate surface area is 168 Å². The number of ketones is 1. The minimum Gasteiger partial charge on any atom is -0.507 e. The number of alkyl halides is 2. The summed E-state index contributed by atoms with van der Waals surface area (Å²) in [6.45, 7) is 0.379. The van der Waals surface area contributed by atoms with Crippen LogP contribution >= 0.6 is 0 Å². The maximum Gasteiger partial charge on any atom is 0.387 e. The van der Waals surface area contributed by atoms with Crippen LogP contribution in [0, 0.1) is 0 Å². The summed E-state index contributed by atoms with van der Waals surface area (Å²) in [6.07, 6.45) is 3.44. The fourth-order valence-electron chi connectivity index (χ4n) is 3.17. The molecule has 0 bridgehead atoms. The predicted octanol–water partition coefficient (Wildman–Crippen LogP) is 4.84. The van der Waals surface area contributed by atoms with Crippen LogP contribution in [0.3, 0.4) is 0 Å². The summed E-state index contributed by atoms with van der Waals surface area (Å²) in [6, 6.07) is 9.14. The molecule has 29 heavy (non-hydrogen) atoms. The number of rotatable bonds is 8. The maximum atomic E-state index is 12.8. The molecule has 7 heteroatoms. The molecule has 3 rings (SSSR count). The molecule has 0 radical (unpaired) electrons. The fourth-order valence-corrected chi connectivity index (χ4v) is 3.17. The molecule has 1 heterocycles. The van der Waals surface area contributed by atoms with Gasteiger partial charge in [0.05, 0.1) is 11.1 Å². The number of para-hydroxylation sites is 1. The van der Waals surface area contributed by atoms with Gasteiger partial charge in [0.2, 0.25) is 5.78 Å². The highest BCUT2D eigenvalue weighted by molar-refractivity contribution is 6.15. The second-order valence-electron chi connectivity index (χ2n) is 6.89. The molecule has 1 N–H and O–H groups in total. The Morgan fingerprint density at radius 2 is 2.00 bits per heavy atom. The van der Waals surface area contributed by atoms with E-state index >= 15 is 0 Å². The molecule has 1 aliphatic rings. The predicted molar refractivity (Wildman–Crippen MR) is 105 cm³/mol. The van der Waals surface area contributed by atoms with Gasteiger partial charge >= 0.3 is 6.61 Å². The normalized spacial score (nSPS) is 14.6. The van der Waals surface area contributed by atoms with E-state index in [-0.39, 0.29) is 23.0 Å². The average Bonchev–Trinajstić information content (AvgIpc) is 2.99. The highest BCUT2D eigenvalue weighted by Crippen LogP contribution is 2.40. The first-order valence-corrected chi connectivity index (χ1v) is 9.42. The zero-order valence-electron chi connectivity index (χ0n) is 16.3. The van der Waals surface area contributed by atoms with Crippen LogP contribution in [0.25, 0.3) is 6.08 Å². The highest BCUT2D eigenvalue weighted by atomic mass is 19.3. The Kier molecular flexibility index (Phi) is 6.49. The van der Waals surface area contributed by atoms with Gasteiger partial charge in [-0.25, -0.2) is 0 Å². The minimum atomic E-state index is -2.98. The molecule has 154 valence electrons. The Balaban J connectivity index is 1.91. The molecule has 2 aromatic carbocycles. The van der Waals surface area contributed by atoms with Gasteiger partial charge in [-0.3, -0.25) is 4.79 Å². The summed E-state index contributed by atoms with van der Waals surface area (Å²) in [5.41, 5.74) is 1.16. The number of ether oxygens (including phenoxy) is 2. The van der Waals surface area contributed by atoms with Crippen molar-refractivity contribution in [1.29, 1.82) is 0 Å². The Bertz CT molecular complexity index is 927. The van der Waals surface area contributed by atoms with Crippen molar-refractivity contribution in [3.8, 4) is 17.2 Å². The van der Waals surface area contributed by atoms with Gasteiger partial charge in [-0.05, 0) is 44.3 Å². The second-order valence-corrected chi connectivity index (χ2v) is 6.89. The fraction of sp³-hybridized carbons (Fsp3) is 0.318. The number of allylic oxidation sites excluding steroid dienone is 1. The summed E-state index contributed by atoms with van der Waals surface area (Å²) in [5, 5.41) is 10.3. The van der Waals surface area contributed by atoms with Gasteiger partial charge in [0, 0.05) is 12.1 Å². The van der Waals surface area contributed by atoms with Crippen LogP contribution in [-0.2, 0) is 6.54 Å². The highest BCUT2D eigenvalue weighted by Gasteiger charge is 2.31. The average molecular weight is 403 g/mol. The van der Waals surface area contributed by atoms with Crippen LogP contribution in [-0.4, -0.2) is 36.0 Å². The molecule has 0 saturated heterocycles. The smallest absolute Gasteiger partial charge is 0.387 e. The van der Waals surface area contributed by atoms with Crippen molar-refractivity contribution in [1.82, 2.24) is 4.90 Å². The lowest BCUT2D eigenvalue weighted by atomic mass is 10.0. The number of hydrogen-bond donors (Lipinski definition) is 1. The number of benzene rings is 2. The Morgan fingerprint density at radius 1 is 1.24 bits per heavy atom. The van der Waals surface area contributed by atoms with Crippen LogP contribution in [0.1, 0.15) is 41.3 Å². The molecule has 0 amide bonds. The van der Waals surface area contributed by atoms with E-state index in [9.17, 15) is 18.7 Å². The number of fused-ring (bicyclic) bond motifs is 1. The number of phenolic OH excluding ortho intramolecular Hbond substituents is 1. The number of phenols is 1. The lowest BCUT2D eigenvalue weighted by molar-refractivity contribution is -0.0499. The van der Waals surface area contributed by atoms with Crippen LogP contribution < -0.4 is 9.47 Å². The van der Waals surface area contributed by atoms with E-state index in [1.807, 2.05) is 11.9 Å². The van der Waals surface area contributed by atoms with Crippen LogP contribution in [0.5, 0.6) is 17.2 Å². The van der Waals surface area contributed by atoms with Crippen molar-refractivity contribution in [2.45, 2.75) is 32.9 Å². The molecule has 0 spiro atoms. The first kappa shape index (κ1) is 20.8. The SMILES string of the molecule is CCCCN(C)Cc1c(O)ccc2c1O/C(=C\c1ccccc1OC(F)F)C2=O. The van der Waals surface area contributed by atoms with Crippen LogP contribution in [0.4, 0.5) is 8.78 Å². The zero-order valence-corrected chi connectivity index (χ0v) is 16.3. The summed E-state index contributed by atoms with van der Waals surface area (Å²) >= 11 is 0. The van der Waals surface area contributed by atoms with E-state index in [4.69, 9.17) is 4.74 Å². The van der Waals surface area contributed by atoms with Crippen molar-refractivity contribution in [2.75, 3.05) is 13.6 Å². The van der Waals surface area contributed by atoms with E-state index in [2.05, 4.69) is 11.7 Å². The number of carbonyl (C=O) groups is 1. The maximum absolute atomic E-state index is 12.8. The molecule has 0 fully saturated rings. The van der Waals surface area contributed by atoms with Gasteiger partial charge in [-0.15, -0.1) is 0 Å². The molecular weight excluding hydrogens is 380 g/mol. The first-order valence-electron chi connectivity index (χ1n) is 9.42. The van der Waals surface area contributed by atoms with Gasteiger partial charge in [-0.2, -0.15) is 8.78 Å². The third kappa shape index (κ3) is 4.74. The van der Waals surface area contributed by atoms with Crippen molar-refractivity contribution in [3.63, 3.8) is 0 Å². The van der Waals surface area contributed by atoms with Gasteiger partial charge in [-0.1, -0.05) is 31.5 Å². The number of nitrogens with zero attached hydrogens (tertiary/aromatic N) is 1. The monoisotopic (exact) mass is 403 g/mol. The largest absolute Gasteiger partial charge is 0.507 e. The number of Topliss-reactive ketones (excluding diaryl/α,β-unsaturated/α-hetero) is 1. The minimum absolute atomic E-state index is 0.00613. The molecule has 0 saturated carbocycles. The number of carbonyl (C=O) groups excluding carboxylic acids is 1. The van der Waals surface area contributed by atoms with Crippen molar-refractivity contribution < 1.29 is 28.2 Å². The van der Waals surface area contributed by atoms with Gasteiger partial charge in [0.1, 0.15) is 17.2 Å². The Hall–Kier alpha value is -2.93. The molecule has 0 aromatic heterocycles. The topological polar surface area (TPSA) is 59.0 Å². The quantitative estimate of drug-likeness (QED) is 0.639. The molecular formula is C22H23F2NO4. The van der Waals surface area contributed by atoms with E-state index < -0.39 is 6.61 Å². The van der Waals surface area contributed by atoms with E-state index in [1.54, 1.807) is 18.2 Å². The number of unbranched alkanes of at least 4 members (excludes halogenated alkanes) is 1. The van der Waals surface area contributed by atoms with Crippen molar-refractivity contribution >= 4 is 11.9 Å². The third-order valence-corrected chi connectivity index (χ3v) is 4.66. The molecule has 2 aromatic rings. The second kappa shape index (κ2) is 9.05. The van der Waals surface area contributed by atoms with Gasteiger partial charge in [0.25, 0.3) is 0 Å². The standard InChI is InChI=1S/C22H23F2NO4/c1-3-4-11-25(2)13-16-17(26)10-9-15-20(27)19(28-21(15)16)12-14-7-5-6-8-18(14)29-22(23)24/h5-10,12,22,26H,3-4,11,13H2,1-2H3/b19-12-. The number of halogens is 2. The number of aromatic hydroxyl groups is 1. The molecule has 1 aliphatic heterocycles. The Morgan fingerprint density at radius 3 is 2.72 bits per heavy atom. The lowest BCUT2D eigenvalue weighted by Crippen LogP contribution is -2.19. The summed E-state index contributed by atoms with van der Waals surface area (Å²) in [7, 11) is 1.93. The van der Waals surface area contributed by atoms with Gasteiger partial charge in [0.15, 0.2) is 5.76 Å². The molecule has 0 unspecified atom stereocenters. The lowest BCUT2D eigenvalue weighted by Gasteiger charge is -2.18. The summed E-state index contributed by atoms with van der Waals surface area (Å²) in [5.74, 6) is -0.0816. The van der Waals surface area contributed by atoms with Crippen molar-refractivity contribution in [2.24, 2.45) is 0 Å². The van der Waals surface area contributed by atoms with Crippen molar-refractivity contribution in [3.05, 3.63) is 58.8 Å². The van der Waals surface area contributed by atoms with E-state index in [0.29, 0.717) is 29.0 Å². The van der Waals surface area contributed by atoms with Gasteiger partial charge < -0.3 is 19.5 Å². The van der Waals surface area contributed by atoms with Crippen LogP contribution in [0.2, 0.25) is 0 Å². The van der Waals surface area contributed by atoms with Crippen LogP contribution in [0.15, 0.2) is 42.2 Å². The first-order chi connectivity index (χ1) is 13.9.